The summed E-state index contributed by atoms with van der Waals surface area (Å²) in [4.78, 5) is 25.6. The van der Waals surface area contributed by atoms with E-state index >= 15 is 0 Å². The fraction of sp³-hybridized carbons (Fsp3) is 0.389. The van der Waals surface area contributed by atoms with E-state index in [0.29, 0.717) is 30.3 Å². The van der Waals surface area contributed by atoms with Crippen LogP contribution in [0.1, 0.15) is 23.7 Å². The first kappa shape index (κ1) is 18.6. The minimum atomic E-state index is -0.529. The summed E-state index contributed by atoms with van der Waals surface area (Å²) in [7, 11) is 0. The Morgan fingerprint density at radius 2 is 2.15 bits per heavy atom. The first-order valence-electron chi connectivity index (χ1n) is 8.41. The zero-order chi connectivity index (χ0) is 18.5. The number of rotatable bonds is 5. The smallest absolute Gasteiger partial charge is 0.264 e. The number of H-pyrrole nitrogens is 1. The molecule has 1 amide bonds. The summed E-state index contributed by atoms with van der Waals surface area (Å²) in [5, 5.41) is 16.5. The molecule has 2 heterocycles. The van der Waals surface area contributed by atoms with E-state index in [1.807, 2.05) is 18.2 Å². The van der Waals surface area contributed by atoms with Crippen LogP contribution in [0.4, 0.5) is 0 Å². The van der Waals surface area contributed by atoms with Crippen LogP contribution in [0.5, 0.6) is 0 Å². The summed E-state index contributed by atoms with van der Waals surface area (Å²) < 4.78 is 5.65. The van der Waals surface area contributed by atoms with Gasteiger partial charge in [-0.25, -0.2) is 5.10 Å². The highest BCUT2D eigenvalue weighted by Gasteiger charge is 2.36. The second kappa shape index (κ2) is 8.44. The van der Waals surface area contributed by atoms with Crippen molar-refractivity contribution in [1.29, 1.82) is 0 Å². The molecule has 1 aliphatic heterocycles. The van der Waals surface area contributed by atoms with E-state index in [1.165, 1.54) is 6.07 Å². The molecule has 1 aromatic carbocycles. The monoisotopic (exact) mass is 377 g/mol. The number of nitrogens with one attached hydrogen (secondary N) is 1. The van der Waals surface area contributed by atoms with Gasteiger partial charge in [0.1, 0.15) is 6.10 Å². The Balaban J connectivity index is 1.78. The number of benzene rings is 1. The van der Waals surface area contributed by atoms with Crippen molar-refractivity contribution in [3.8, 4) is 0 Å². The molecule has 1 saturated heterocycles. The fourth-order valence-corrected chi connectivity index (χ4v) is 3.39. The lowest BCUT2D eigenvalue weighted by atomic mass is 9.97. The van der Waals surface area contributed by atoms with Crippen LogP contribution < -0.4 is 5.56 Å². The molecule has 138 valence electrons. The lowest BCUT2D eigenvalue weighted by Gasteiger charge is -2.41. The third-order valence-electron chi connectivity index (χ3n) is 4.41. The molecule has 3 rings (SSSR count). The van der Waals surface area contributed by atoms with Gasteiger partial charge in [0, 0.05) is 30.5 Å². The van der Waals surface area contributed by atoms with Crippen molar-refractivity contribution in [2.75, 3.05) is 19.8 Å². The van der Waals surface area contributed by atoms with Gasteiger partial charge in [0.25, 0.3) is 5.56 Å². The molecule has 0 aliphatic carbocycles. The molecule has 1 aliphatic rings. The first-order valence-corrected chi connectivity index (χ1v) is 8.79. The molecule has 0 saturated carbocycles. The molecule has 2 N–H and O–H groups in total. The lowest BCUT2D eigenvalue weighted by molar-refractivity contribution is -0.149. The van der Waals surface area contributed by atoms with Gasteiger partial charge in [-0.15, -0.1) is 0 Å². The van der Waals surface area contributed by atoms with Crippen molar-refractivity contribution < 1.29 is 14.6 Å². The third-order valence-corrected chi connectivity index (χ3v) is 4.75. The lowest BCUT2D eigenvalue weighted by Crippen LogP contribution is -2.49. The minimum absolute atomic E-state index is 0.0790. The van der Waals surface area contributed by atoms with Gasteiger partial charge in [-0.05, 0) is 17.7 Å². The summed E-state index contributed by atoms with van der Waals surface area (Å²) in [6, 6.07) is 9.80. The Labute approximate surface area is 155 Å². The molecule has 26 heavy (non-hydrogen) atoms. The first-order chi connectivity index (χ1) is 12.6. The quantitative estimate of drug-likeness (QED) is 0.819. The van der Waals surface area contributed by atoms with Gasteiger partial charge in [0.2, 0.25) is 5.91 Å². The molecule has 7 nitrogen and oxygen atoms in total. The maximum atomic E-state index is 12.8. The number of carbonyl (C=O) groups excluding carboxylic acids is 1. The number of aromatic amines is 1. The zero-order valence-electron chi connectivity index (χ0n) is 14.1. The molecule has 8 heteroatoms. The minimum Gasteiger partial charge on any atom is -0.394 e. The van der Waals surface area contributed by atoms with Crippen LogP contribution in [0.3, 0.4) is 0 Å². The van der Waals surface area contributed by atoms with Crippen LogP contribution in [-0.2, 0) is 16.0 Å². The van der Waals surface area contributed by atoms with Crippen LogP contribution in [0.25, 0.3) is 0 Å². The number of morpholine rings is 1. The third kappa shape index (κ3) is 4.12. The molecular formula is C18H20ClN3O4. The SMILES string of the molecule is O=C(CCc1ccc(=O)[nH]n1)N1CCO[C@@H](CO)[C@@H]1c1ccccc1Cl. The molecule has 0 bridgehead atoms. The van der Waals surface area contributed by atoms with Gasteiger partial charge in [-0.1, -0.05) is 29.8 Å². The van der Waals surface area contributed by atoms with Gasteiger partial charge in [0.15, 0.2) is 0 Å². The van der Waals surface area contributed by atoms with Crippen molar-refractivity contribution in [1.82, 2.24) is 15.1 Å². The van der Waals surface area contributed by atoms with Crippen LogP contribution in [0, 0.1) is 0 Å². The normalized spacial score (nSPS) is 20.2. The summed E-state index contributed by atoms with van der Waals surface area (Å²) >= 11 is 6.32. The highest BCUT2D eigenvalue weighted by Crippen LogP contribution is 2.34. The number of ether oxygens (including phenoxy) is 1. The number of hydrogen-bond acceptors (Lipinski definition) is 5. The molecule has 0 radical (unpaired) electrons. The van der Waals surface area contributed by atoms with E-state index in [-0.39, 0.29) is 24.5 Å². The summed E-state index contributed by atoms with van der Waals surface area (Å²) in [5.41, 5.74) is 1.11. The van der Waals surface area contributed by atoms with E-state index in [9.17, 15) is 14.7 Å². The van der Waals surface area contributed by atoms with E-state index in [2.05, 4.69) is 10.2 Å². The van der Waals surface area contributed by atoms with Crippen molar-refractivity contribution in [2.45, 2.75) is 25.0 Å². The average molecular weight is 378 g/mol. The highest BCUT2D eigenvalue weighted by molar-refractivity contribution is 6.31. The van der Waals surface area contributed by atoms with Gasteiger partial charge < -0.3 is 14.7 Å². The van der Waals surface area contributed by atoms with Gasteiger partial charge >= 0.3 is 0 Å². The van der Waals surface area contributed by atoms with Crippen LogP contribution in [-0.4, -0.2) is 52.0 Å². The van der Waals surface area contributed by atoms with E-state index in [0.717, 1.165) is 5.56 Å². The maximum Gasteiger partial charge on any atom is 0.264 e. The van der Waals surface area contributed by atoms with Crippen molar-refractivity contribution in [2.24, 2.45) is 0 Å². The molecular weight excluding hydrogens is 358 g/mol. The van der Waals surface area contributed by atoms with Gasteiger partial charge in [-0.3, -0.25) is 9.59 Å². The van der Waals surface area contributed by atoms with Crippen LogP contribution in [0.15, 0.2) is 41.2 Å². The maximum absolute atomic E-state index is 12.8. The number of aliphatic hydroxyl groups excluding tert-OH is 1. The Kier molecular flexibility index (Phi) is 6.03. The predicted molar refractivity (Wildman–Crippen MR) is 95.9 cm³/mol. The Morgan fingerprint density at radius 3 is 2.85 bits per heavy atom. The van der Waals surface area contributed by atoms with E-state index < -0.39 is 12.1 Å². The number of aliphatic hydroxyl groups is 1. The Morgan fingerprint density at radius 1 is 1.35 bits per heavy atom. The van der Waals surface area contributed by atoms with Crippen molar-refractivity contribution in [3.63, 3.8) is 0 Å². The van der Waals surface area contributed by atoms with Crippen molar-refractivity contribution in [3.05, 3.63) is 63.0 Å². The van der Waals surface area contributed by atoms with Crippen LogP contribution in [0.2, 0.25) is 5.02 Å². The number of aromatic nitrogens is 2. The topological polar surface area (TPSA) is 95.5 Å². The molecule has 2 aromatic rings. The second-order valence-corrected chi connectivity index (χ2v) is 6.47. The summed E-state index contributed by atoms with van der Waals surface area (Å²) in [6.45, 7) is 0.570. The Hall–Kier alpha value is -2.22. The Bertz CT molecular complexity index is 806. The second-order valence-electron chi connectivity index (χ2n) is 6.06. The molecule has 2 atom stereocenters. The number of aryl methyl sites for hydroxylation is 1. The summed E-state index contributed by atoms with van der Waals surface area (Å²) in [5.74, 6) is -0.0790. The largest absolute Gasteiger partial charge is 0.394 e. The zero-order valence-corrected chi connectivity index (χ0v) is 14.9. The summed E-state index contributed by atoms with van der Waals surface area (Å²) in [6.07, 6.45) is 0.114. The van der Waals surface area contributed by atoms with Gasteiger partial charge in [-0.2, -0.15) is 5.10 Å². The highest BCUT2D eigenvalue weighted by atomic mass is 35.5. The van der Waals surface area contributed by atoms with Crippen LogP contribution >= 0.6 is 11.6 Å². The number of halogens is 1. The molecule has 1 fully saturated rings. The average Bonchev–Trinajstić information content (AvgIpc) is 2.67. The number of carbonyl (C=O) groups is 1. The molecule has 0 spiro atoms. The standard InChI is InChI=1S/C18H20ClN3O4/c19-14-4-2-1-3-13(14)18-15(11-23)26-10-9-22(18)17(25)8-6-12-5-7-16(24)21-20-12/h1-5,7,15,18,23H,6,8-11H2,(H,21,24)/t15-,18-/m0/s1. The molecule has 0 unspecified atom stereocenters. The van der Waals surface area contributed by atoms with E-state index in [1.54, 1.807) is 17.0 Å². The predicted octanol–water partition coefficient (Wildman–Crippen LogP) is 1.32. The fourth-order valence-electron chi connectivity index (χ4n) is 3.14. The number of amides is 1. The molecule has 1 aromatic heterocycles. The number of nitrogens with zero attached hydrogens (tertiary/aromatic N) is 2. The van der Waals surface area contributed by atoms with E-state index in [4.69, 9.17) is 16.3 Å². The van der Waals surface area contributed by atoms with Crippen molar-refractivity contribution >= 4 is 17.5 Å². The van der Waals surface area contributed by atoms with Gasteiger partial charge in [0.05, 0.1) is 24.9 Å². The number of hydrogen-bond donors (Lipinski definition) is 2.